The fourth-order valence-corrected chi connectivity index (χ4v) is 4.12. The Balaban J connectivity index is 2.47. The molecule has 1 nitrogen and oxygen atoms in total. The molecular formula is C16H8Br2O. The van der Waals surface area contributed by atoms with Gasteiger partial charge in [0.1, 0.15) is 5.75 Å². The van der Waals surface area contributed by atoms with Crippen molar-refractivity contribution in [2.24, 2.45) is 0 Å². The van der Waals surface area contributed by atoms with Gasteiger partial charge >= 0.3 is 0 Å². The second-order valence-electron chi connectivity index (χ2n) is 4.66. The normalized spacial score (nSPS) is 11.9. The minimum Gasteiger partial charge on any atom is -0.506 e. The molecular weight excluding hydrogens is 368 g/mol. The van der Waals surface area contributed by atoms with Crippen molar-refractivity contribution in [3.63, 3.8) is 0 Å². The number of phenols is 1. The molecule has 0 atom stereocenters. The fraction of sp³-hybridized carbons (Fsp3) is 0. The summed E-state index contributed by atoms with van der Waals surface area (Å²) >= 11 is 6.99. The van der Waals surface area contributed by atoms with Crippen LogP contribution in [0.1, 0.15) is 0 Å². The first-order valence-corrected chi connectivity index (χ1v) is 7.50. The average molecular weight is 376 g/mol. The molecule has 3 heteroatoms. The first kappa shape index (κ1) is 11.5. The zero-order valence-electron chi connectivity index (χ0n) is 9.74. The number of halogens is 2. The third kappa shape index (κ3) is 1.40. The van der Waals surface area contributed by atoms with Crippen LogP contribution in [-0.4, -0.2) is 5.11 Å². The molecule has 0 fully saturated rings. The summed E-state index contributed by atoms with van der Waals surface area (Å²) in [4.78, 5) is 0. The second kappa shape index (κ2) is 3.84. The third-order valence-electron chi connectivity index (χ3n) is 3.67. The van der Waals surface area contributed by atoms with Crippen LogP contribution in [0.15, 0.2) is 51.4 Å². The molecule has 1 N–H and O–H groups in total. The van der Waals surface area contributed by atoms with Gasteiger partial charge in [-0.15, -0.1) is 0 Å². The van der Waals surface area contributed by atoms with Crippen LogP contribution in [0, 0.1) is 0 Å². The summed E-state index contributed by atoms with van der Waals surface area (Å²) in [5.74, 6) is 0.255. The summed E-state index contributed by atoms with van der Waals surface area (Å²) in [7, 11) is 0. The Hall–Kier alpha value is -1.32. The lowest BCUT2D eigenvalue weighted by Crippen LogP contribution is -1.86. The molecule has 4 aromatic carbocycles. The highest BCUT2D eigenvalue weighted by Crippen LogP contribution is 2.46. The van der Waals surface area contributed by atoms with E-state index in [1.165, 1.54) is 21.5 Å². The van der Waals surface area contributed by atoms with Crippen LogP contribution in [0.3, 0.4) is 0 Å². The molecule has 0 radical (unpaired) electrons. The van der Waals surface area contributed by atoms with Gasteiger partial charge in [-0.3, -0.25) is 0 Å². The highest BCUT2D eigenvalue weighted by atomic mass is 79.9. The van der Waals surface area contributed by atoms with Crippen LogP contribution in [0.4, 0.5) is 0 Å². The largest absolute Gasteiger partial charge is 0.506 e. The summed E-state index contributed by atoms with van der Waals surface area (Å²) in [6, 6.07) is 14.6. The van der Waals surface area contributed by atoms with Gasteiger partial charge in [-0.25, -0.2) is 0 Å². The lowest BCUT2D eigenvalue weighted by Gasteiger charge is -2.14. The SMILES string of the molecule is Oc1c(Br)c2ccc3cccc4ccc(c1Br)c2c34. The third-order valence-corrected chi connectivity index (χ3v) is 5.27. The molecule has 0 saturated carbocycles. The van der Waals surface area contributed by atoms with E-state index in [2.05, 4.69) is 74.3 Å². The summed E-state index contributed by atoms with van der Waals surface area (Å²) in [5, 5.41) is 17.1. The molecule has 4 aromatic rings. The molecule has 0 saturated heterocycles. The number of benzene rings is 4. The lowest BCUT2D eigenvalue weighted by atomic mass is 9.94. The van der Waals surface area contributed by atoms with E-state index in [4.69, 9.17) is 0 Å². The van der Waals surface area contributed by atoms with Crippen LogP contribution >= 0.6 is 31.9 Å². The lowest BCUT2D eigenvalue weighted by molar-refractivity contribution is 0.470. The maximum absolute atomic E-state index is 10.2. The van der Waals surface area contributed by atoms with Gasteiger partial charge in [0, 0.05) is 10.8 Å². The Morgan fingerprint density at radius 2 is 1.21 bits per heavy atom. The fourth-order valence-electron chi connectivity index (χ4n) is 2.80. The van der Waals surface area contributed by atoms with Crippen molar-refractivity contribution >= 4 is 64.2 Å². The van der Waals surface area contributed by atoms with Crippen LogP contribution in [-0.2, 0) is 0 Å². The molecule has 0 aliphatic heterocycles. The standard InChI is InChI=1S/C16H8Br2O/c17-14-10-6-4-8-2-1-3-9-5-7-11(13(10)12(8)9)15(18)16(14)19/h1-7,19H. The van der Waals surface area contributed by atoms with E-state index < -0.39 is 0 Å². The van der Waals surface area contributed by atoms with Crippen LogP contribution in [0.5, 0.6) is 5.75 Å². The van der Waals surface area contributed by atoms with Gasteiger partial charge in [-0.2, -0.15) is 0 Å². The highest BCUT2D eigenvalue weighted by molar-refractivity contribution is 9.11. The molecule has 0 aliphatic carbocycles. The monoisotopic (exact) mass is 374 g/mol. The van der Waals surface area contributed by atoms with Crippen molar-refractivity contribution in [1.29, 1.82) is 0 Å². The Bertz CT molecular complexity index is 874. The Morgan fingerprint density at radius 3 is 1.74 bits per heavy atom. The van der Waals surface area contributed by atoms with Crippen molar-refractivity contribution in [1.82, 2.24) is 0 Å². The van der Waals surface area contributed by atoms with Crippen LogP contribution < -0.4 is 0 Å². The van der Waals surface area contributed by atoms with Gasteiger partial charge < -0.3 is 5.11 Å². The Kier molecular flexibility index (Phi) is 2.32. The summed E-state index contributed by atoms with van der Waals surface area (Å²) < 4.78 is 1.48. The molecule has 0 unspecified atom stereocenters. The smallest absolute Gasteiger partial charge is 0.145 e. The van der Waals surface area contributed by atoms with E-state index in [9.17, 15) is 5.11 Å². The minimum absolute atomic E-state index is 0.255. The number of hydrogen-bond acceptors (Lipinski definition) is 1. The molecule has 0 aromatic heterocycles. The molecule has 0 bridgehead atoms. The number of rotatable bonds is 0. The van der Waals surface area contributed by atoms with Crippen LogP contribution in [0.2, 0.25) is 0 Å². The van der Waals surface area contributed by atoms with E-state index in [1.807, 2.05) is 0 Å². The minimum atomic E-state index is 0.255. The van der Waals surface area contributed by atoms with Gasteiger partial charge in [-0.1, -0.05) is 42.5 Å². The first-order chi connectivity index (χ1) is 9.18. The van der Waals surface area contributed by atoms with E-state index >= 15 is 0 Å². The summed E-state index contributed by atoms with van der Waals surface area (Å²) in [6.07, 6.45) is 0. The average Bonchev–Trinajstić information content (AvgIpc) is 2.45. The number of hydrogen-bond donors (Lipinski definition) is 1. The quantitative estimate of drug-likeness (QED) is 0.384. The maximum Gasteiger partial charge on any atom is 0.145 e. The van der Waals surface area contributed by atoms with E-state index in [1.54, 1.807) is 0 Å². The van der Waals surface area contributed by atoms with Crippen molar-refractivity contribution in [3.05, 3.63) is 51.4 Å². The van der Waals surface area contributed by atoms with Crippen molar-refractivity contribution in [2.45, 2.75) is 0 Å². The van der Waals surface area contributed by atoms with E-state index in [0.717, 1.165) is 19.7 Å². The predicted molar refractivity (Wildman–Crippen MR) is 87.2 cm³/mol. The van der Waals surface area contributed by atoms with Crippen molar-refractivity contribution in [3.8, 4) is 5.75 Å². The van der Waals surface area contributed by atoms with Gasteiger partial charge in [0.2, 0.25) is 0 Å². The van der Waals surface area contributed by atoms with Crippen molar-refractivity contribution < 1.29 is 5.11 Å². The van der Waals surface area contributed by atoms with Crippen molar-refractivity contribution in [2.75, 3.05) is 0 Å². The molecule has 0 aliphatic rings. The van der Waals surface area contributed by atoms with Gasteiger partial charge in [0.15, 0.2) is 0 Å². The Morgan fingerprint density at radius 1 is 0.684 bits per heavy atom. The highest BCUT2D eigenvalue weighted by Gasteiger charge is 2.16. The van der Waals surface area contributed by atoms with E-state index in [-0.39, 0.29) is 5.75 Å². The number of aromatic hydroxyl groups is 1. The van der Waals surface area contributed by atoms with Gasteiger partial charge in [0.25, 0.3) is 0 Å². The van der Waals surface area contributed by atoms with Gasteiger partial charge in [0.05, 0.1) is 8.95 Å². The molecule has 0 amide bonds. The van der Waals surface area contributed by atoms with Gasteiger partial charge in [-0.05, 0) is 53.4 Å². The summed E-state index contributed by atoms with van der Waals surface area (Å²) in [6.45, 7) is 0. The van der Waals surface area contributed by atoms with Crippen LogP contribution in [0.25, 0.3) is 32.3 Å². The maximum atomic E-state index is 10.2. The predicted octanol–water partition coefficient (Wildman–Crippen LogP) is 5.81. The zero-order chi connectivity index (χ0) is 13.1. The topological polar surface area (TPSA) is 20.2 Å². The molecule has 0 spiro atoms. The Labute approximate surface area is 126 Å². The zero-order valence-corrected chi connectivity index (χ0v) is 12.9. The molecule has 19 heavy (non-hydrogen) atoms. The second-order valence-corrected chi connectivity index (χ2v) is 6.24. The first-order valence-electron chi connectivity index (χ1n) is 5.92. The summed E-state index contributed by atoms with van der Waals surface area (Å²) in [5.41, 5.74) is 0. The molecule has 92 valence electrons. The molecule has 0 heterocycles. The number of phenolic OH excluding ortho intramolecular Hbond substituents is 1. The van der Waals surface area contributed by atoms with E-state index in [0.29, 0.717) is 0 Å². The molecule has 4 rings (SSSR count).